The topological polar surface area (TPSA) is 113 Å². The SMILES string of the molecule is CC(=O)NS(=O)(=O)c1ccc(NC(=O)C2CC(=O)N(c3ccc(C)cc3)C2)cc1. The highest BCUT2D eigenvalue weighted by Crippen LogP contribution is 2.26. The first-order valence-electron chi connectivity index (χ1n) is 8.97. The smallest absolute Gasteiger partial charge is 0.264 e. The molecule has 0 bridgehead atoms. The Balaban J connectivity index is 1.65. The summed E-state index contributed by atoms with van der Waals surface area (Å²) in [6.07, 6.45) is 0.106. The van der Waals surface area contributed by atoms with Gasteiger partial charge in [0.05, 0.1) is 10.8 Å². The standard InChI is InChI=1S/C20H21N3O5S/c1-13-3-7-17(8-4-13)23-12-15(11-19(23)25)20(26)21-16-5-9-18(10-6-16)29(27,28)22-14(2)24/h3-10,15H,11-12H2,1-2H3,(H,21,26)(H,22,24). The first-order chi connectivity index (χ1) is 13.7. The molecule has 3 amide bonds. The molecule has 0 spiro atoms. The molecule has 152 valence electrons. The maximum atomic E-state index is 12.6. The molecule has 0 aliphatic carbocycles. The fraction of sp³-hybridized carbons (Fsp3) is 0.250. The summed E-state index contributed by atoms with van der Waals surface area (Å²) in [6.45, 7) is 3.34. The molecule has 2 aromatic carbocycles. The maximum absolute atomic E-state index is 12.6. The van der Waals surface area contributed by atoms with Crippen molar-refractivity contribution in [2.24, 2.45) is 5.92 Å². The second-order valence-electron chi connectivity index (χ2n) is 6.92. The summed E-state index contributed by atoms with van der Waals surface area (Å²) >= 11 is 0. The number of rotatable bonds is 5. The van der Waals surface area contributed by atoms with Crippen LogP contribution in [0.4, 0.5) is 11.4 Å². The molecule has 0 aromatic heterocycles. The number of anilines is 2. The number of amides is 3. The number of carbonyl (C=O) groups excluding carboxylic acids is 3. The van der Waals surface area contributed by atoms with Crippen molar-refractivity contribution in [3.8, 4) is 0 Å². The molecular weight excluding hydrogens is 394 g/mol. The van der Waals surface area contributed by atoms with Gasteiger partial charge in [-0.1, -0.05) is 17.7 Å². The third-order valence-electron chi connectivity index (χ3n) is 4.55. The number of hydrogen-bond acceptors (Lipinski definition) is 5. The Morgan fingerprint density at radius 2 is 1.66 bits per heavy atom. The quantitative estimate of drug-likeness (QED) is 0.773. The second-order valence-corrected chi connectivity index (χ2v) is 8.60. The highest BCUT2D eigenvalue weighted by atomic mass is 32.2. The van der Waals surface area contributed by atoms with Crippen molar-refractivity contribution in [1.29, 1.82) is 0 Å². The van der Waals surface area contributed by atoms with Gasteiger partial charge >= 0.3 is 0 Å². The van der Waals surface area contributed by atoms with Crippen LogP contribution in [-0.2, 0) is 24.4 Å². The molecule has 1 aliphatic heterocycles. The number of nitrogens with one attached hydrogen (secondary N) is 2. The Morgan fingerprint density at radius 1 is 1.03 bits per heavy atom. The Hall–Kier alpha value is -3.20. The molecule has 1 aliphatic rings. The largest absolute Gasteiger partial charge is 0.326 e. The van der Waals surface area contributed by atoms with Gasteiger partial charge in [-0.3, -0.25) is 14.4 Å². The van der Waals surface area contributed by atoms with Crippen LogP contribution in [0.5, 0.6) is 0 Å². The minimum atomic E-state index is -3.93. The van der Waals surface area contributed by atoms with Crippen LogP contribution >= 0.6 is 0 Å². The highest BCUT2D eigenvalue weighted by Gasteiger charge is 2.35. The van der Waals surface area contributed by atoms with E-state index in [4.69, 9.17) is 0 Å². The molecule has 9 heteroatoms. The van der Waals surface area contributed by atoms with Crippen LogP contribution in [0, 0.1) is 12.8 Å². The molecule has 1 fully saturated rings. The molecule has 2 N–H and O–H groups in total. The van der Waals surface area contributed by atoms with E-state index in [1.54, 1.807) is 4.90 Å². The highest BCUT2D eigenvalue weighted by molar-refractivity contribution is 7.90. The lowest BCUT2D eigenvalue weighted by Crippen LogP contribution is -2.28. The Bertz CT molecular complexity index is 1050. The van der Waals surface area contributed by atoms with Gasteiger partial charge in [0.2, 0.25) is 17.7 Å². The van der Waals surface area contributed by atoms with Crippen molar-refractivity contribution in [2.45, 2.75) is 25.2 Å². The van der Waals surface area contributed by atoms with Crippen LogP contribution in [0.3, 0.4) is 0 Å². The van der Waals surface area contributed by atoms with Gasteiger partial charge in [0.1, 0.15) is 0 Å². The van der Waals surface area contributed by atoms with Crippen molar-refractivity contribution in [3.63, 3.8) is 0 Å². The van der Waals surface area contributed by atoms with E-state index in [9.17, 15) is 22.8 Å². The molecule has 3 rings (SSSR count). The second kappa shape index (κ2) is 8.04. The molecule has 1 saturated heterocycles. The van der Waals surface area contributed by atoms with E-state index in [0.29, 0.717) is 5.69 Å². The fourth-order valence-electron chi connectivity index (χ4n) is 3.07. The van der Waals surface area contributed by atoms with Gasteiger partial charge in [-0.05, 0) is 43.3 Å². The monoisotopic (exact) mass is 415 g/mol. The maximum Gasteiger partial charge on any atom is 0.264 e. The lowest BCUT2D eigenvalue weighted by Gasteiger charge is -2.17. The molecule has 1 atom stereocenters. The minimum Gasteiger partial charge on any atom is -0.326 e. The van der Waals surface area contributed by atoms with Crippen molar-refractivity contribution in [3.05, 3.63) is 54.1 Å². The summed E-state index contributed by atoms with van der Waals surface area (Å²) in [5.74, 6) is -1.63. The van der Waals surface area contributed by atoms with Crippen LogP contribution in [0.25, 0.3) is 0 Å². The van der Waals surface area contributed by atoms with E-state index in [0.717, 1.165) is 18.2 Å². The predicted octanol–water partition coefficient (Wildman–Crippen LogP) is 1.81. The summed E-state index contributed by atoms with van der Waals surface area (Å²) in [5, 5.41) is 2.70. The zero-order chi connectivity index (χ0) is 21.2. The van der Waals surface area contributed by atoms with Crippen molar-refractivity contribution >= 4 is 39.1 Å². The van der Waals surface area contributed by atoms with Gasteiger partial charge in [-0.15, -0.1) is 0 Å². The van der Waals surface area contributed by atoms with Crippen LogP contribution in [-0.4, -0.2) is 32.7 Å². The number of aryl methyl sites for hydroxylation is 1. The molecule has 29 heavy (non-hydrogen) atoms. The van der Waals surface area contributed by atoms with E-state index in [2.05, 4.69) is 5.32 Å². The zero-order valence-electron chi connectivity index (χ0n) is 16.0. The Labute approximate surface area is 169 Å². The average molecular weight is 415 g/mol. The summed E-state index contributed by atoms with van der Waals surface area (Å²) in [6, 6.07) is 13.0. The van der Waals surface area contributed by atoms with Gasteiger partial charge in [0.25, 0.3) is 10.0 Å². The van der Waals surface area contributed by atoms with Crippen molar-refractivity contribution < 1.29 is 22.8 Å². The van der Waals surface area contributed by atoms with Crippen LogP contribution < -0.4 is 14.9 Å². The normalized spacial score (nSPS) is 16.6. The number of sulfonamides is 1. The van der Waals surface area contributed by atoms with Gasteiger partial charge in [-0.25, -0.2) is 13.1 Å². The number of benzene rings is 2. The summed E-state index contributed by atoms with van der Waals surface area (Å²) in [7, 11) is -3.93. The van der Waals surface area contributed by atoms with Crippen molar-refractivity contribution in [2.75, 3.05) is 16.8 Å². The van der Waals surface area contributed by atoms with Crippen LogP contribution in [0.2, 0.25) is 0 Å². The fourth-order valence-corrected chi connectivity index (χ4v) is 4.06. The Morgan fingerprint density at radius 3 is 2.24 bits per heavy atom. The number of carbonyl (C=O) groups is 3. The lowest BCUT2D eigenvalue weighted by atomic mass is 10.1. The minimum absolute atomic E-state index is 0.0905. The van der Waals surface area contributed by atoms with E-state index in [1.807, 2.05) is 35.9 Å². The van der Waals surface area contributed by atoms with E-state index < -0.39 is 21.8 Å². The van der Waals surface area contributed by atoms with Gasteiger partial charge in [0, 0.05) is 31.3 Å². The molecular formula is C20H21N3O5S. The van der Waals surface area contributed by atoms with Crippen LogP contribution in [0.15, 0.2) is 53.4 Å². The van der Waals surface area contributed by atoms with E-state index >= 15 is 0 Å². The molecule has 2 aromatic rings. The molecule has 8 nitrogen and oxygen atoms in total. The van der Waals surface area contributed by atoms with E-state index in [-0.39, 0.29) is 29.7 Å². The van der Waals surface area contributed by atoms with Crippen LogP contribution in [0.1, 0.15) is 18.9 Å². The molecule has 1 heterocycles. The number of nitrogens with zero attached hydrogens (tertiary/aromatic N) is 1. The van der Waals surface area contributed by atoms with E-state index in [1.165, 1.54) is 24.3 Å². The number of hydrogen-bond donors (Lipinski definition) is 2. The van der Waals surface area contributed by atoms with Gasteiger partial charge in [-0.2, -0.15) is 0 Å². The Kier molecular flexibility index (Phi) is 5.69. The average Bonchev–Trinajstić information content (AvgIpc) is 3.04. The first kappa shape index (κ1) is 20.5. The molecule has 1 unspecified atom stereocenters. The molecule has 0 radical (unpaired) electrons. The third-order valence-corrected chi connectivity index (χ3v) is 6.00. The van der Waals surface area contributed by atoms with Crippen molar-refractivity contribution in [1.82, 2.24) is 4.72 Å². The zero-order valence-corrected chi connectivity index (χ0v) is 16.8. The van der Waals surface area contributed by atoms with Gasteiger partial charge in [0.15, 0.2) is 0 Å². The summed E-state index contributed by atoms with van der Waals surface area (Å²) in [4.78, 5) is 37.4. The lowest BCUT2D eigenvalue weighted by molar-refractivity contribution is -0.122. The summed E-state index contributed by atoms with van der Waals surface area (Å²) in [5.41, 5.74) is 2.24. The summed E-state index contributed by atoms with van der Waals surface area (Å²) < 4.78 is 25.8. The first-order valence-corrected chi connectivity index (χ1v) is 10.5. The predicted molar refractivity (Wildman–Crippen MR) is 108 cm³/mol. The third kappa shape index (κ3) is 4.80. The molecule has 0 saturated carbocycles. The van der Waals surface area contributed by atoms with Gasteiger partial charge < -0.3 is 10.2 Å².